The Morgan fingerprint density at radius 1 is 1.10 bits per heavy atom. The Bertz CT molecular complexity index is 694. The predicted molar refractivity (Wildman–Crippen MR) is 85.4 cm³/mol. The Balaban J connectivity index is 1.85. The summed E-state index contributed by atoms with van der Waals surface area (Å²) in [6.07, 6.45) is 3.44. The molecule has 0 bridgehead atoms. The summed E-state index contributed by atoms with van der Waals surface area (Å²) in [5, 5.41) is 2.96. The maximum Gasteiger partial charge on any atom is 0.257 e. The molecule has 4 N–H and O–H groups in total. The zero-order chi connectivity index (χ0) is 14.8. The number of nitrogens with two attached hydrogens (primary N) is 1. The molecule has 0 heterocycles. The van der Waals surface area contributed by atoms with Gasteiger partial charge in [-0.05, 0) is 61.6 Å². The van der Waals surface area contributed by atoms with Gasteiger partial charge in [0.2, 0.25) is 0 Å². The Morgan fingerprint density at radius 3 is 2.71 bits per heavy atom. The van der Waals surface area contributed by atoms with E-state index in [1.807, 2.05) is 31.2 Å². The molecule has 1 aliphatic carbocycles. The third kappa shape index (κ3) is 2.76. The molecule has 2 aromatic rings. The van der Waals surface area contributed by atoms with Crippen LogP contribution in [0, 0.1) is 6.92 Å². The number of nitrogens with one attached hydrogen (secondary N) is 2. The second-order valence-electron chi connectivity index (χ2n) is 5.48. The number of aryl methyl sites for hydroxylation is 3. The number of rotatable bonds is 3. The van der Waals surface area contributed by atoms with Crippen LogP contribution in [0.4, 0.5) is 11.4 Å². The first-order valence-corrected chi connectivity index (χ1v) is 7.18. The largest absolute Gasteiger partial charge is 0.323 e. The summed E-state index contributed by atoms with van der Waals surface area (Å²) in [4.78, 5) is 12.4. The molecule has 0 aromatic heterocycles. The van der Waals surface area contributed by atoms with Gasteiger partial charge in [0.05, 0.1) is 11.3 Å². The third-order valence-corrected chi connectivity index (χ3v) is 3.93. The molecule has 0 aliphatic heterocycles. The van der Waals surface area contributed by atoms with Gasteiger partial charge in [-0.15, -0.1) is 0 Å². The summed E-state index contributed by atoms with van der Waals surface area (Å²) in [6, 6.07) is 11.7. The van der Waals surface area contributed by atoms with Gasteiger partial charge < -0.3 is 10.7 Å². The van der Waals surface area contributed by atoms with Gasteiger partial charge in [0.1, 0.15) is 0 Å². The van der Waals surface area contributed by atoms with Crippen molar-refractivity contribution in [3.05, 3.63) is 58.7 Å². The molecule has 0 radical (unpaired) electrons. The topological polar surface area (TPSA) is 67.1 Å². The number of benzene rings is 2. The van der Waals surface area contributed by atoms with E-state index in [0.29, 0.717) is 11.3 Å². The number of hydrazine groups is 1. The summed E-state index contributed by atoms with van der Waals surface area (Å²) in [7, 11) is 0. The third-order valence-electron chi connectivity index (χ3n) is 3.93. The predicted octanol–water partition coefficient (Wildman–Crippen LogP) is 3.02. The molecular formula is C17H19N3O. The minimum absolute atomic E-state index is 0.149. The monoisotopic (exact) mass is 281 g/mol. The van der Waals surface area contributed by atoms with Gasteiger partial charge in [-0.25, -0.2) is 0 Å². The first-order valence-electron chi connectivity index (χ1n) is 7.18. The molecule has 0 spiro atoms. The Labute approximate surface area is 124 Å². The molecule has 0 saturated carbocycles. The lowest BCUT2D eigenvalue weighted by Crippen LogP contribution is -2.17. The highest BCUT2D eigenvalue weighted by Gasteiger charge is 2.14. The molecular weight excluding hydrogens is 262 g/mol. The van der Waals surface area contributed by atoms with Crippen LogP contribution < -0.4 is 16.6 Å². The minimum Gasteiger partial charge on any atom is -0.323 e. The van der Waals surface area contributed by atoms with Crippen molar-refractivity contribution in [3.8, 4) is 0 Å². The highest BCUT2D eigenvalue weighted by Crippen LogP contribution is 2.25. The summed E-state index contributed by atoms with van der Waals surface area (Å²) in [5.41, 5.74) is 8.35. The number of carbonyl (C=O) groups excluding carboxylic acids is 1. The van der Waals surface area contributed by atoms with Gasteiger partial charge in [-0.2, -0.15) is 0 Å². The van der Waals surface area contributed by atoms with Gasteiger partial charge in [0.15, 0.2) is 0 Å². The second-order valence-corrected chi connectivity index (χ2v) is 5.48. The van der Waals surface area contributed by atoms with Gasteiger partial charge in [-0.3, -0.25) is 10.6 Å². The highest BCUT2D eigenvalue weighted by atomic mass is 16.1. The van der Waals surface area contributed by atoms with E-state index < -0.39 is 0 Å². The van der Waals surface area contributed by atoms with E-state index in [4.69, 9.17) is 5.84 Å². The van der Waals surface area contributed by atoms with Gasteiger partial charge >= 0.3 is 0 Å². The van der Waals surface area contributed by atoms with Crippen molar-refractivity contribution in [2.75, 3.05) is 10.7 Å². The molecule has 1 amide bonds. The lowest BCUT2D eigenvalue weighted by Gasteiger charge is -2.11. The van der Waals surface area contributed by atoms with E-state index in [0.717, 1.165) is 24.1 Å². The molecule has 21 heavy (non-hydrogen) atoms. The van der Waals surface area contributed by atoms with Crippen molar-refractivity contribution < 1.29 is 4.79 Å². The first kappa shape index (κ1) is 13.6. The van der Waals surface area contributed by atoms with E-state index >= 15 is 0 Å². The molecule has 0 fully saturated rings. The van der Waals surface area contributed by atoms with Crippen LogP contribution in [0.25, 0.3) is 0 Å². The highest BCUT2D eigenvalue weighted by molar-refractivity contribution is 6.08. The van der Waals surface area contributed by atoms with Crippen LogP contribution in [-0.4, -0.2) is 5.91 Å². The SMILES string of the molecule is Cc1ccc(NN)c(C(=O)Nc2ccc3c(c2)CCC3)c1. The van der Waals surface area contributed by atoms with Crippen molar-refractivity contribution in [2.24, 2.45) is 5.84 Å². The number of carbonyl (C=O) groups is 1. The lowest BCUT2D eigenvalue weighted by molar-refractivity contribution is 0.102. The summed E-state index contributed by atoms with van der Waals surface area (Å²) in [6.45, 7) is 1.95. The lowest BCUT2D eigenvalue weighted by atomic mass is 10.1. The Morgan fingerprint density at radius 2 is 1.90 bits per heavy atom. The summed E-state index contributed by atoms with van der Waals surface area (Å²) in [5.74, 6) is 5.33. The number of fused-ring (bicyclic) bond motifs is 1. The fraction of sp³-hybridized carbons (Fsp3) is 0.235. The van der Waals surface area contributed by atoms with Crippen molar-refractivity contribution in [3.63, 3.8) is 0 Å². The molecule has 1 aliphatic rings. The van der Waals surface area contributed by atoms with E-state index in [-0.39, 0.29) is 5.91 Å². The fourth-order valence-corrected chi connectivity index (χ4v) is 2.82. The quantitative estimate of drug-likeness (QED) is 0.598. The molecule has 4 heteroatoms. The van der Waals surface area contributed by atoms with Gasteiger partial charge in [0.25, 0.3) is 5.91 Å². The average Bonchev–Trinajstić information content (AvgIpc) is 2.94. The standard InChI is InChI=1S/C17H19N3O/c1-11-5-8-16(20-18)15(9-11)17(21)19-14-7-6-12-3-2-4-13(12)10-14/h5-10,20H,2-4,18H2,1H3,(H,19,21). The zero-order valence-corrected chi connectivity index (χ0v) is 12.1. The van der Waals surface area contributed by atoms with Crippen molar-refractivity contribution in [2.45, 2.75) is 26.2 Å². The maximum atomic E-state index is 12.4. The molecule has 3 rings (SSSR count). The molecule has 0 atom stereocenters. The summed E-state index contributed by atoms with van der Waals surface area (Å²) < 4.78 is 0. The molecule has 0 unspecified atom stereocenters. The Hall–Kier alpha value is -2.33. The van der Waals surface area contributed by atoms with Crippen LogP contribution in [0.1, 0.15) is 33.5 Å². The van der Waals surface area contributed by atoms with Crippen molar-refractivity contribution >= 4 is 17.3 Å². The molecule has 108 valence electrons. The molecule has 0 saturated heterocycles. The van der Waals surface area contributed by atoms with Gasteiger partial charge in [0, 0.05) is 5.69 Å². The maximum absolute atomic E-state index is 12.4. The van der Waals surface area contributed by atoms with E-state index in [9.17, 15) is 4.79 Å². The van der Waals surface area contributed by atoms with E-state index in [1.165, 1.54) is 17.5 Å². The van der Waals surface area contributed by atoms with Crippen molar-refractivity contribution in [1.82, 2.24) is 0 Å². The van der Waals surface area contributed by atoms with Crippen LogP contribution in [0.2, 0.25) is 0 Å². The van der Waals surface area contributed by atoms with Crippen LogP contribution in [0.5, 0.6) is 0 Å². The number of hydrogen-bond acceptors (Lipinski definition) is 3. The van der Waals surface area contributed by atoms with Crippen LogP contribution >= 0.6 is 0 Å². The zero-order valence-electron chi connectivity index (χ0n) is 12.1. The van der Waals surface area contributed by atoms with Gasteiger partial charge in [-0.1, -0.05) is 17.7 Å². The fourth-order valence-electron chi connectivity index (χ4n) is 2.82. The number of hydrogen-bond donors (Lipinski definition) is 3. The first-order chi connectivity index (χ1) is 10.2. The number of anilines is 2. The smallest absolute Gasteiger partial charge is 0.257 e. The Kier molecular flexibility index (Phi) is 3.62. The number of amides is 1. The minimum atomic E-state index is -0.149. The van der Waals surface area contributed by atoms with E-state index in [1.54, 1.807) is 0 Å². The average molecular weight is 281 g/mol. The second kappa shape index (κ2) is 5.58. The van der Waals surface area contributed by atoms with Crippen LogP contribution in [-0.2, 0) is 12.8 Å². The summed E-state index contributed by atoms with van der Waals surface area (Å²) >= 11 is 0. The van der Waals surface area contributed by atoms with Crippen LogP contribution in [0.3, 0.4) is 0 Å². The van der Waals surface area contributed by atoms with E-state index in [2.05, 4.69) is 22.9 Å². The molecule has 2 aromatic carbocycles. The number of nitrogen functional groups attached to an aromatic ring is 1. The van der Waals surface area contributed by atoms with Crippen molar-refractivity contribution in [1.29, 1.82) is 0 Å². The molecule has 4 nitrogen and oxygen atoms in total. The normalized spacial score (nSPS) is 12.9. The van der Waals surface area contributed by atoms with Crippen LogP contribution in [0.15, 0.2) is 36.4 Å².